The van der Waals surface area contributed by atoms with Crippen molar-refractivity contribution in [3.8, 4) is 0 Å². The van der Waals surface area contributed by atoms with Gasteiger partial charge in [-0.1, -0.05) is 12.8 Å². The van der Waals surface area contributed by atoms with Gasteiger partial charge < -0.3 is 15.0 Å². The van der Waals surface area contributed by atoms with Crippen LogP contribution in [-0.4, -0.2) is 23.8 Å². The van der Waals surface area contributed by atoms with Crippen molar-refractivity contribution in [1.82, 2.24) is 4.57 Å². The van der Waals surface area contributed by atoms with E-state index < -0.39 is 0 Å². The number of hydrogen-bond acceptors (Lipinski definition) is 3. The number of pyridine rings is 1. The van der Waals surface area contributed by atoms with Gasteiger partial charge >= 0.3 is 0 Å². The van der Waals surface area contributed by atoms with Gasteiger partial charge in [0.25, 0.3) is 5.56 Å². The van der Waals surface area contributed by atoms with Gasteiger partial charge in [0.2, 0.25) is 0 Å². The smallest absolute Gasteiger partial charge is 0.274 e. The van der Waals surface area contributed by atoms with Crippen LogP contribution < -0.4 is 10.9 Å². The van der Waals surface area contributed by atoms with Crippen molar-refractivity contribution in [2.45, 2.75) is 31.7 Å². The van der Waals surface area contributed by atoms with Crippen LogP contribution in [0.4, 0.5) is 5.69 Å². The van der Waals surface area contributed by atoms with E-state index in [0.717, 1.165) is 20.0 Å². The maximum absolute atomic E-state index is 11.9. The summed E-state index contributed by atoms with van der Waals surface area (Å²) in [7, 11) is 2.79. The van der Waals surface area contributed by atoms with Crippen LogP contribution in [0.2, 0.25) is 0 Å². The summed E-state index contributed by atoms with van der Waals surface area (Å²) in [6, 6.07) is 4.19. The lowest BCUT2D eigenvalue weighted by atomic mass is 10.2. The molecule has 1 aliphatic carbocycles. The Morgan fingerprint density at radius 2 is 2.00 bits per heavy atom. The fourth-order valence-electron chi connectivity index (χ4n) is 2.17. The first-order valence-electron chi connectivity index (χ1n) is 5.66. The van der Waals surface area contributed by atoms with Gasteiger partial charge in [0.1, 0.15) is 5.69 Å². The second kappa shape index (κ2) is 6.33. The third-order valence-electron chi connectivity index (χ3n) is 2.96. The van der Waals surface area contributed by atoms with E-state index in [9.17, 15) is 4.79 Å². The van der Waals surface area contributed by atoms with Gasteiger partial charge in [0, 0.05) is 26.4 Å². The highest BCUT2D eigenvalue weighted by atomic mass is 16.2. The molecular formula is C12H20N2O2. The number of anilines is 1. The summed E-state index contributed by atoms with van der Waals surface area (Å²) in [6.45, 7) is 0. The fraction of sp³-hybridized carbons (Fsp3) is 0.583. The van der Waals surface area contributed by atoms with E-state index in [-0.39, 0.29) is 5.56 Å². The van der Waals surface area contributed by atoms with Crippen molar-refractivity contribution in [2.75, 3.05) is 19.5 Å². The first kappa shape index (κ1) is 12.8. The zero-order valence-electron chi connectivity index (χ0n) is 9.94. The van der Waals surface area contributed by atoms with E-state index in [4.69, 9.17) is 5.11 Å². The Hall–Kier alpha value is -1.29. The zero-order chi connectivity index (χ0) is 12.0. The monoisotopic (exact) mass is 224 g/mol. The van der Waals surface area contributed by atoms with Crippen molar-refractivity contribution in [3.63, 3.8) is 0 Å². The molecule has 1 heterocycles. The van der Waals surface area contributed by atoms with Crippen LogP contribution in [0.15, 0.2) is 23.1 Å². The van der Waals surface area contributed by atoms with E-state index in [2.05, 4.69) is 5.32 Å². The Balaban J connectivity index is 0.000000606. The second-order valence-corrected chi connectivity index (χ2v) is 3.82. The topological polar surface area (TPSA) is 54.3 Å². The lowest BCUT2D eigenvalue weighted by Gasteiger charge is -2.14. The van der Waals surface area contributed by atoms with Crippen molar-refractivity contribution < 1.29 is 5.11 Å². The molecular weight excluding hydrogens is 204 g/mol. The van der Waals surface area contributed by atoms with Gasteiger partial charge in [0.15, 0.2) is 0 Å². The van der Waals surface area contributed by atoms with E-state index in [1.165, 1.54) is 12.8 Å². The molecule has 1 saturated carbocycles. The fourth-order valence-corrected chi connectivity index (χ4v) is 2.17. The Bertz CT molecular complexity index is 368. The van der Waals surface area contributed by atoms with Crippen LogP contribution in [0, 0.1) is 0 Å². The van der Waals surface area contributed by atoms with Crippen LogP contribution >= 0.6 is 0 Å². The summed E-state index contributed by atoms with van der Waals surface area (Å²) in [6.07, 6.45) is 6.70. The molecule has 4 heteroatoms. The molecule has 0 spiro atoms. The molecule has 4 nitrogen and oxygen atoms in total. The highest BCUT2D eigenvalue weighted by molar-refractivity contribution is 5.39. The summed E-state index contributed by atoms with van der Waals surface area (Å²) < 4.78 is 1.87. The first-order chi connectivity index (χ1) is 7.83. The minimum Gasteiger partial charge on any atom is -0.400 e. The second-order valence-electron chi connectivity index (χ2n) is 3.82. The molecule has 16 heavy (non-hydrogen) atoms. The van der Waals surface area contributed by atoms with Crippen molar-refractivity contribution in [1.29, 1.82) is 0 Å². The summed E-state index contributed by atoms with van der Waals surface area (Å²) >= 11 is 0. The minimum atomic E-state index is 0.113. The highest BCUT2D eigenvalue weighted by Gasteiger charge is 2.17. The molecule has 2 N–H and O–H groups in total. The molecule has 1 aliphatic rings. The molecule has 1 aromatic heterocycles. The third-order valence-corrected chi connectivity index (χ3v) is 2.96. The average molecular weight is 224 g/mol. The SMILES string of the molecule is CNc1cccn(C2CCCC2)c1=O.CO. The predicted molar refractivity (Wildman–Crippen MR) is 65.9 cm³/mol. The molecule has 1 fully saturated rings. The van der Waals surface area contributed by atoms with Crippen LogP contribution in [0.25, 0.3) is 0 Å². The maximum atomic E-state index is 11.9. The largest absolute Gasteiger partial charge is 0.400 e. The van der Waals surface area contributed by atoms with Crippen molar-refractivity contribution in [2.24, 2.45) is 0 Å². The summed E-state index contributed by atoms with van der Waals surface area (Å²) in [5, 5.41) is 9.93. The van der Waals surface area contributed by atoms with Gasteiger partial charge in [0.05, 0.1) is 0 Å². The zero-order valence-corrected chi connectivity index (χ0v) is 9.94. The van der Waals surface area contributed by atoms with Gasteiger partial charge in [-0.2, -0.15) is 0 Å². The van der Waals surface area contributed by atoms with Gasteiger partial charge in [-0.05, 0) is 25.0 Å². The quantitative estimate of drug-likeness (QED) is 0.802. The van der Waals surface area contributed by atoms with E-state index in [1.54, 1.807) is 7.05 Å². The Labute approximate surface area is 95.9 Å². The molecule has 90 valence electrons. The Morgan fingerprint density at radius 1 is 1.38 bits per heavy atom. The summed E-state index contributed by atoms with van der Waals surface area (Å²) in [5.74, 6) is 0. The molecule has 0 atom stereocenters. The van der Waals surface area contributed by atoms with Crippen LogP contribution in [-0.2, 0) is 0 Å². The Morgan fingerprint density at radius 3 is 2.56 bits per heavy atom. The molecule has 0 radical (unpaired) electrons. The number of nitrogens with zero attached hydrogens (tertiary/aromatic N) is 1. The normalized spacial score (nSPS) is 15.4. The molecule has 0 amide bonds. The first-order valence-corrected chi connectivity index (χ1v) is 5.66. The van der Waals surface area contributed by atoms with E-state index in [0.29, 0.717) is 11.7 Å². The number of rotatable bonds is 2. The number of aliphatic hydroxyl groups is 1. The Kier molecular flexibility index (Phi) is 5.05. The van der Waals surface area contributed by atoms with Crippen molar-refractivity contribution >= 4 is 5.69 Å². The molecule has 1 aromatic rings. The number of hydrogen-bond donors (Lipinski definition) is 2. The van der Waals surface area contributed by atoms with E-state index in [1.807, 2.05) is 22.9 Å². The predicted octanol–water partition coefficient (Wildman–Crippen LogP) is 1.61. The molecule has 0 bridgehead atoms. The molecule has 0 aliphatic heterocycles. The van der Waals surface area contributed by atoms with Crippen LogP contribution in [0.5, 0.6) is 0 Å². The molecule has 0 unspecified atom stereocenters. The van der Waals surface area contributed by atoms with Gasteiger partial charge in [-0.3, -0.25) is 4.79 Å². The van der Waals surface area contributed by atoms with Crippen LogP contribution in [0.1, 0.15) is 31.7 Å². The van der Waals surface area contributed by atoms with Crippen LogP contribution in [0.3, 0.4) is 0 Å². The average Bonchev–Trinajstić information content (AvgIpc) is 2.85. The molecule has 2 rings (SSSR count). The third kappa shape index (κ3) is 2.64. The standard InChI is InChI=1S/C11H16N2O.CH4O/c1-12-10-7-4-8-13(11(10)14)9-5-2-3-6-9;1-2/h4,7-9,12H,2-3,5-6H2,1H3;2H,1H3. The van der Waals surface area contributed by atoms with Crippen molar-refractivity contribution in [3.05, 3.63) is 28.7 Å². The number of aromatic nitrogens is 1. The lowest BCUT2D eigenvalue weighted by Crippen LogP contribution is -2.24. The van der Waals surface area contributed by atoms with E-state index >= 15 is 0 Å². The summed E-state index contributed by atoms with van der Waals surface area (Å²) in [5.41, 5.74) is 0.807. The number of aliphatic hydroxyl groups excluding tert-OH is 1. The van der Waals surface area contributed by atoms with Gasteiger partial charge in [-0.15, -0.1) is 0 Å². The molecule has 0 aromatic carbocycles. The number of nitrogens with one attached hydrogen (secondary N) is 1. The van der Waals surface area contributed by atoms with Gasteiger partial charge in [-0.25, -0.2) is 0 Å². The molecule has 0 saturated heterocycles. The summed E-state index contributed by atoms with van der Waals surface area (Å²) in [4.78, 5) is 11.9. The highest BCUT2D eigenvalue weighted by Crippen LogP contribution is 2.28. The minimum absolute atomic E-state index is 0.113. The lowest BCUT2D eigenvalue weighted by molar-refractivity contribution is 0.399. The maximum Gasteiger partial charge on any atom is 0.274 e.